The monoisotopic (exact) mass is 402 g/mol. The minimum absolute atomic E-state index is 0.0393. The van der Waals surface area contributed by atoms with Gasteiger partial charge in [0.15, 0.2) is 17.2 Å². The highest BCUT2D eigenvalue weighted by atomic mass is 16.6. The molecule has 0 saturated carbocycles. The standard InChI is InChI=1S/C16H18N8O5/c1-8-13(24(23-19-8)15-14(17)21-29-22-15)16(25)20-18-7-9-5-11(27-3)12(28-4)6-10(9)26-2/h5-7H,1-4H3,(H2,17,21)(H,20,25). The highest BCUT2D eigenvalue weighted by Crippen LogP contribution is 2.33. The molecule has 2 heterocycles. The van der Waals surface area contributed by atoms with Crippen molar-refractivity contribution >= 4 is 17.9 Å². The van der Waals surface area contributed by atoms with Gasteiger partial charge in [0.05, 0.1) is 33.2 Å². The fourth-order valence-corrected chi connectivity index (χ4v) is 2.47. The van der Waals surface area contributed by atoms with Crippen LogP contribution in [-0.4, -0.2) is 58.8 Å². The predicted molar refractivity (Wildman–Crippen MR) is 99.5 cm³/mol. The second-order valence-electron chi connectivity index (χ2n) is 5.56. The molecule has 2 aromatic heterocycles. The number of hydrogen-bond donors (Lipinski definition) is 2. The van der Waals surface area contributed by atoms with Crippen molar-refractivity contribution in [1.82, 2.24) is 30.7 Å². The molecule has 3 aromatic rings. The van der Waals surface area contributed by atoms with Crippen LogP contribution in [-0.2, 0) is 0 Å². The van der Waals surface area contributed by atoms with Crippen LogP contribution in [0.5, 0.6) is 17.2 Å². The maximum Gasteiger partial charge on any atom is 0.292 e. The maximum atomic E-state index is 12.6. The third-order valence-corrected chi connectivity index (χ3v) is 3.86. The first-order valence-corrected chi connectivity index (χ1v) is 8.14. The summed E-state index contributed by atoms with van der Waals surface area (Å²) in [4.78, 5) is 12.6. The van der Waals surface area contributed by atoms with Crippen LogP contribution in [0.1, 0.15) is 21.7 Å². The van der Waals surface area contributed by atoms with Crippen LogP contribution < -0.4 is 25.4 Å². The van der Waals surface area contributed by atoms with Crippen LogP contribution in [0, 0.1) is 6.92 Å². The summed E-state index contributed by atoms with van der Waals surface area (Å²) in [6, 6.07) is 3.30. The van der Waals surface area contributed by atoms with Gasteiger partial charge in [-0.3, -0.25) is 4.79 Å². The summed E-state index contributed by atoms with van der Waals surface area (Å²) in [6.07, 6.45) is 1.40. The molecule has 0 spiro atoms. The van der Waals surface area contributed by atoms with E-state index in [2.05, 4.69) is 35.8 Å². The van der Waals surface area contributed by atoms with Crippen LogP contribution >= 0.6 is 0 Å². The molecule has 152 valence electrons. The summed E-state index contributed by atoms with van der Waals surface area (Å²) >= 11 is 0. The predicted octanol–water partition coefficient (Wildman–Crippen LogP) is 0.331. The van der Waals surface area contributed by atoms with Gasteiger partial charge in [-0.25, -0.2) is 10.1 Å². The molecule has 1 amide bonds. The number of hydrazone groups is 1. The zero-order valence-corrected chi connectivity index (χ0v) is 16.0. The molecule has 3 N–H and O–H groups in total. The van der Waals surface area contributed by atoms with E-state index in [4.69, 9.17) is 19.9 Å². The molecule has 0 unspecified atom stereocenters. The van der Waals surface area contributed by atoms with E-state index in [0.717, 1.165) is 4.68 Å². The number of amides is 1. The molecule has 29 heavy (non-hydrogen) atoms. The van der Waals surface area contributed by atoms with Crippen LogP contribution in [0.3, 0.4) is 0 Å². The fraction of sp³-hybridized carbons (Fsp3) is 0.250. The number of anilines is 1. The SMILES string of the molecule is COc1cc(OC)c(OC)cc1C=NNC(=O)c1c(C)nnn1-c1nonc1N. The average molecular weight is 402 g/mol. The van der Waals surface area contributed by atoms with Gasteiger partial charge in [0.25, 0.3) is 5.91 Å². The summed E-state index contributed by atoms with van der Waals surface area (Å²) < 4.78 is 21.5. The highest BCUT2D eigenvalue weighted by Gasteiger charge is 2.22. The van der Waals surface area contributed by atoms with Crippen LogP contribution in [0.15, 0.2) is 21.9 Å². The molecule has 0 fully saturated rings. The Morgan fingerprint density at radius 2 is 1.86 bits per heavy atom. The van der Waals surface area contributed by atoms with Gasteiger partial charge in [0.2, 0.25) is 11.6 Å². The number of aromatic nitrogens is 5. The first-order chi connectivity index (χ1) is 14.0. The Bertz CT molecular complexity index is 1060. The molecule has 0 bridgehead atoms. The number of aryl methyl sites for hydroxylation is 1. The summed E-state index contributed by atoms with van der Waals surface area (Å²) in [5.74, 6) is 0.863. The van der Waals surface area contributed by atoms with E-state index in [1.165, 1.54) is 27.5 Å². The van der Waals surface area contributed by atoms with E-state index < -0.39 is 5.91 Å². The number of carbonyl (C=O) groups is 1. The molecule has 13 nitrogen and oxygen atoms in total. The molecule has 0 atom stereocenters. The summed E-state index contributed by atoms with van der Waals surface area (Å²) in [7, 11) is 4.53. The Balaban J connectivity index is 1.85. The van der Waals surface area contributed by atoms with Crippen molar-refractivity contribution in [2.75, 3.05) is 27.1 Å². The first kappa shape index (κ1) is 19.6. The van der Waals surface area contributed by atoms with Crippen molar-refractivity contribution < 1.29 is 23.6 Å². The van der Waals surface area contributed by atoms with Crippen molar-refractivity contribution in [2.45, 2.75) is 6.92 Å². The molecular weight excluding hydrogens is 384 g/mol. The number of rotatable bonds is 7. The zero-order chi connectivity index (χ0) is 21.0. The van der Waals surface area contributed by atoms with Crippen molar-refractivity contribution in [2.24, 2.45) is 5.10 Å². The van der Waals surface area contributed by atoms with Gasteiger partial charge in [-0.15, -0.1) is 5.10 Å². The van der Waals surface area contributed by atoms with Gasteiger partial charge in [-0.2, -0.15) is 9.78 Å². The number of ether oxygens (including phenoxy) is 3. The van der Waals surface area contributed by atoms with Crippen molar-refractivity contribution in [3.8, 4) is 23.1 Å². The van der Waals surface area contributed by atoms with E-state index in [9.17, 15) is 4.79 Å². The Hall–Kier alpha value is -4.16. The summed E-state index contributed by atoms with van der Waals surface area (Å²) in [5, 5.41) is 18.7. The van der Waals surface area contributed by atoms with Crippen molar-refractivity contribution in [3.05, 3.63) is 29.1 Å². The van der Waals surface area contributed by atoms with E-state index in [-0.39, 0.29) is 17.3 Å². The third-order valence-electron chi connectivity index (χ3n) is 3.86. The van der Waals surface area contributed by atoms with E-state index >= 15 is 0 Å². The van der Waals surface area contributed by atoms with Gasteiger partial charge < -0.3 is 19.9 Å². The number of nitrogens with two attached hydrogens (primary N) is 1. The van der Waals surface area contributed by atoms with E-state index in [1.807, 2.05) is 0 Å². The van der Waals surface area contributed by atoms with Crippen molar-refractivity contribution in [3.63, 3.8) is 0 Å². The molecule has 1 aromatic carbocycles. The normalized spacial score (nSPS) is 10.9. The highest BCUT2D eigenvalue weighted by molar-refractivity contribution is 5.95. The lowest BCUT2D eigenvalue weighted by Gasteiger charge is -2.11. The van der Waals surface area contributed by atoms with Crippen molar-refractivity contribution in [1.29, 1.82) is 0 Å². The maximum absolute atomic E-state index is 12.6. The fourth-order valence-electron chi connectivity index (χ4n) is 2.47. The Morgan fingerprint density at radius 3 is 2.48 bits per heavy atom. The molecule has 0 radical (unpaired) electrons. The Kier molecular flexibility index (Phi) is 5.57. The first-order valence-electron chi connectivity index (χ1n) is 8.14. The quantitative estimate of drug-likeness (QED) is 0.415. The molecule has 0 aliphatic rings. The summed E-state index contributed by atoms with van der Waals surface area (Å²) in [5.41, 5.74) is 9.02. The number of nitrogen functional groups attached to an aromatic ring is 1. The number of nitrogens with one attached hydrogen (secondary N) is 1. The lowest BCUT2D eigenvalue weighted by molar-refractivity contribution is 0.0946. The molecule has 3 rings (SSSR count). The van der Waals surface area contributed by atoms with Gasteiger partial charge >= 0.3 is 0 Å². The average Bonchev–Trinajstić information content (AvgIpc) is 3.32. The van der Waals surface area contributed by atoms with Gasteiger partial charge in [0.1, 0.15) is 5.75 Å². The van der Waals surface area contributed by atoms with Crippen LogP contribution in [0.2, 0.25) is 0 Å². The Morgan fingerprint density at radius 1 is 1.17 bits per heavy atom. The number of carbonyl (C=O) groups excluding carboxylic acids is 1. The van der Waals surface area contributed by atoms with E-state index in [1.54, 1.807) is 19.1 Å². The van der Waals surface area contributed by atoms with E-state index in [0.29, 0.717) is 28.5 Å². The molecule has 0 aliphatic heterocycles. The molecular formula is C16H18N8O5. The van der Waals surface area contributed by atoms with Gasteiger partial charge in [-0.05, 0) is 23.3 Å². The van der Waals surface area contributed by atoms with Crippen LogP contribution in [0.4, 0.5) is 5.82 Å². The third kappa shape index (κ3) is 3.78. The zero-order valence-electron chi connectivity index (χ0n) is 16.0. The topological polar surface area (TPSA) is 165 Å². The molecule has 13 heteroatoms. The van der Waals surface area contributed by atoms with Gasteiger partial charge in [0, 0.05) is 11.6 Å². The number of hydrogen-bond acceptors (Lipinski definition) is 11. The number of nitrogens with zero attached hydrogens (tertiary/aromatic N) is 6. The number of benzene rings is 1. The lowest BCUT2D eigenvalue weighted by atomic mass is 10.2. The smallest absolute Gasteiger partial charge is 0.292 e. The molecule has 0 aliphatic carbocycles. The van der Waals surface area contributed by atoms with Gasteiger partial charge in [-0.1, -0.05) is 5.21 Å². The largest absolute Gasteiger partial charge is 0.496 e. The Labute approximate surface area is 164 Å². The lowest BCUT2D eigenvalue weighted by Crippen LogP contribution is -2.22. The minimum atomic E-state index is -0.592. The summed E-state index contributed by atoms with van der Waals surface area (Å²) in [6.45, 7) is 1.60. The molecule has 0 saturated heterocycles. The van der Waals surface area contributed by atoms with Crippen LogP contribution in [0.25, 0.3) is 5.82 Å². The second-order valence-corrected chi connectivity index (χ2v) is 5.56. The minimum Gasteiger partial charge on any atom is -0.496 e. The second kappa shape index (κ2) is 8.24. The number of methoxy groups -OCH3 is 3.